The van der Waals surface area contributed by atoms with Gasteiger partial charge in [0.1, 0.15) is 11.7 Å². The Bertz CT molecular complexity index is 344. The fourth-order valence-electron chi connectivity index (χ4n) is 1.80. The van der Waals surface area contributed by atoms with Gasteiger partial charge < -0.3 is 4.98 Å². The van der Waals surface area contributed by atoms with Crippen molar-refractivity contribution in [3.05, 3.63) is 17.7 Å². The molecule has 0 aliphatic heterocycles. The average Bonchev–Trinajstić information content (AvgIpc) is 2.53. The number of aromatic nitrogens is 2. The van der Waals surface area contributed by atoms with Crippen LogP contribution in [0.25, 0.3) is 0 Å². The molecule has 0 saturated heterocycles. The van der Waals surface area contributed by atoms with Crippen molar-refractivity contribution in [3.8, 4) is 6.07 Å². The van der Waals surface area contributed by atoms with Crippen LogP contribution in [0.15, 0.2) is 6.20 Å². The number of rotatable bonds is 3. The van der Waals surface area contributed by atoms with E-state index >= 15 is 0 Å². The Morgan fingerprint density at radius 1 is 1.71 bits per heavy atom. The lowest BCUT2D eigenvalue weighted by Crippen LogP contribution is -2.09. The molecule has 14 heavy (non-hydrogen) atoms. The maximum absolute atomic E-state index is 8.89. The summed E-state index contributed by atoms with van der Waals surface area (Å²) < 4.78 is 0. The van der Waals surface area contributed by atoms with E-state index in [0.29, 0.717) is 5.92 Å². The molecule has 2 rings (SSSR count). The SMILES string of the molecule is CCC(C#N)c1ncc(C2CCC2)[nH]1. The lowest BCUT2D eigenvalue weighted by molar-refractivity contribution is 0.412. The van der Waals surface area contributed by atoms with Gasteiger partial charge in [0.2, 0.25) is 0 Å². The van der Waals surface area contributed by atoms with E-state index in [-0.39, 0.29) is 5.92 Å². The Morgan fingerprint density at radius 2 is 2.50 bits per heavy atom. The second-order valence-corrected chi connectivity index (χ2v) is 3.94. The molecule has 1 aliphatic carbocycles. The first kappa shape index (κ1) is 9.26. The van der Waals surface area contributed by atoms with Crippen molar-refractivity contribution in [2.75, 3.05) is 0 Å². The highest BCUT2D eigenvalue weighted by Crippen LogP contribution is 2.35. The van der Waals surface area contributed by atoms with Crippen LogP contribution in [-0.2, 0) is 0 Å². The van der Waals surface area contributed by atoms with E-state index in [4.69, 9.17) is 5.26 Å². The summed E-state index contributed by atoms with van der Waals surface area (Å²) in [6.45, 7) is 2.01. The molecule has 0 amide bonds. The Hall–Kier alpha value is -1.30. The van der Waals surface area contributed by atoms with Gasteiger partial charge in [-0.05, 0) is 19.3 Å². The second kappa shape index (κ2) is 3.83. The van der Waals surface area contributed by atoms with Crippen LogP contribution in [0.3, 0.4) is 0 Å². The number of nitriles is 1. The molecule has 0 aromatic carbocycles. The van der Waals surface area contributed by atoms with E-state index in [1.165, 1.54) is 25.0 Å². The third kappa shape index (κ3) is 1.52. The van der Waals surface area contributed by atoms with Gasteiger partial charge >= 0.3 is 0 Å². The first-order valence-corrected chi connectivity index (χ1v) is 5.29. The first-order valence-electron chi connectivity index (χ1n) is 5.29. The maximum Gasteiger partial charge on any atom is 0.123 e. The standard InChI is InChI=1S/C11H15N3/c1-2-8(6-12)11-13-7-10(14-11)9-4-3-5-9/h7-9H,2-5H2,1H3,(H,13,14). The van der Waals surface area contributed by atoms with Gasteiger partial charge in [0.25, 0.3) is 0 Å². The quantitative estimate of drug-likeness (QED) is 0.794. The van der Waals surface area contributed by atoms with Gasteiger partial charge in [-0.3, -0.25) is 0 Å². The number of nitrogens with zero attached hydrogens (tertiary/aromatic N) is 2. The molecule has 0 spiro atoms. The van der Waals surface area contributed by atoms with Crippen LogP contribution in [0.4, 0.5) is 0 Å². The van der Waals surface area contributed by atoms with E-state index in [9.17, 15) is 0 Å². The highest BCUT2D eigenvalue weighted by molar-refractivity contribution is 5.16. The number of hydrogen-bond donors (Lipinski definition) is 1. The monoisotopic (exact) mass is 189 g/mol. The molecule has 0 bridgehead atoms. The van der Waals surface area contributed by atoms with Gasteiger partial charge in [-0.2, -0.15) is 5.26 Å². The summed E-state index contributed by atoms with van der Waals surface area (Å²) in [7, 11) is 0. The smallest absolute Gasteiger partial charge is 0.123 e. The highest BCUT2D eigenvalue weighted by Gasteiger charge is 2.22. The van der Waals surface area contributed by atoms with Crippen LogP contribution in [0, 0.1) is 11.3 Å². The molecule has 1 saturated carbocycles. The molecule has 1 N–H and O–H groups in total. The van der Waals surface area contributed by atoms with Gasteiger partial charge in [0.15, 0.2) is 0 Å². The summed E-state index contributed by atoms with van der Waals surface area (Å²) in [6.07, 6.45) is 6.59. The number of hydrogen-bond acceptors (Lipinski definition) is 2. The summed E-state index contributed by atoms with van der Waals surface area (Å²) in [5.74, 6) is 1.45. The zero-order valence-electron chi connectivity index (χ0n) is 8.45. The molecule has 1 fully saturated rings. The molecule has 1 unspecified atom stereocenters. The first-order chi connectivity index (χ1) is 6.85. The number of aromatic amines is 1. The molecule has 1 atom stereocenters. The van der Waals surface area contributed by atoms with E-state index < -0.39 is 0 Å². The van der Waals surface area contributed by atoms with Gasteiger partial charge in [-0.1, -0.05) is 13.3 Å². The van der Waals surface area contributed by atoms with Crippen molar-refractivity contribution in [3.63, 3.8) is 0 Å². The van der Waals surface area contributed by atoms with Gasteiger partial charge in [-0.15, -0.1) is 0 Å². The zero-order chi connectivity index (χ0) is 9.97. The highest BCUT2D eigenvalue weighted by atomic mass is 14.9. The van der Waals surface area contributed by atoms with Crippen molar-refractivity contribution < 1.29 is 0 Å². The lowest BCUT2D eigenvalue weighted by atomic mass is 9.83. The Morgan fingerprint density at radius 3 is 3.00 bits per heavy atom. The summed E-state index contributed by atoms with van der Waals surface area (Å²) in [4.78, 5) is 7.57. The Labute approximate surface area is 84.2 Å². The van der Waals surface area contributed by atoms with E-state index in [2.05, 4.69) is 16.0 Å². The van der Waals surface area contributed by atoms with E-state index in [1.807, 2.05) is 13.1 Å². The van der Waals surface area contributed by atoms with Crippen molar-refractivity contribution in [1.29, 1.82) is 5.26 Å². The molecule has 3 heteroatoms. The Balaban J connectivity index is 2.12. The van der Waals surface area contributed by atoms with Crippen LogP contribution >= 0.6 is 0 Å². The van der Waals surface area contributed by atoms with Gasteiger partial charge in [-0.25, -0.2) is 4.98 Å². The van der Waals surface area contributed by atoms with Crippen molar-refractivity contribution in [2.24, 2.45) is 0 Å². The van der Waals surface area contributed by atoms with Gasteiger partial charge in [0, 0.05) is 17.8 Å². The summed E-state index contributed by atoms with van der Waals surface area (Å²) in [5, 5.41) is 8.89. The van der Waals surface area contributed by atoms with Crippen LogP contribution < -0.4 is 0 Å². The van der Waals surface area contributed by atoms with E-state index in [1.54, 1.807) is 0 Å². The normalized spacial score (nSPS) is 18.6. The largest absolute Gasteiger partial charge is 0.345 e. The zero-order valence-corrected chi connectivity index (χ0v) is 8.45. The summed E-state index contributed by atoms with van der Waals surface area (Å²) in [5.41, 5.74) is 1.22. The number of imidazole rings is 1. The predicted octanol–water partition coefficient (Wildman–Crippen LogP) is 2.69. The van der Waals surface area contributed by atoms with Crippen molar-refractivity contribution in [2.45, 2.75) is 44.4 Å². The summed E-state index contributed by atoms with van der Waals surface area (Å²) >= 11 is 0. The van der Waals surface area contributed by atoms with Crippen LogP contribution in [-0.4, -0.2) is 9.97 Å². The molecule has 1 aromatic heterocycles. The third-order valence-corrected chi connectivity index (χ3v) is 3.05. The number of H-pyrrole nitrogens is 1. The third-order valence-electron chi connectivity index (χ3n) is 3.05. The fraction of sp³-hybridized carbons (Fsp3) is 0.636. The Kier molecular flexibility index (Phi) is 2.53. The lowest BCUT2D eigenvalue weighted by Gasteiger charge is -2.23. The molecule has 74 valence electrons. The second-order valence-electron chi connectivity index (χ2n) is 3.94. The molecule has 0 radical (unpaired) electrons. The van der Waals surface area contributed by atoms with Gasteiger partial charge in [0.05, 0.1) is 6.07 Å². The van der Waals surface area contributed by atoms with Crippen molar-refractivity contribution in [1.82, 2.24) is 9.97 Å². The van der Waals surface area contributed by atoms with Crippen LogP contribution in [0.5, 0.6) is 0 Å². The minimum absolute atomic E-state index is 0.0659. The maximum atomic E-state index is 8.89. The minimum atomic E-state index is -0.0659. The molecular weight excluding hydrogens is 174 g/mol. The van der Waals surface area contributed by atoms with Crippen molar-refractivity contribution >= 4 is 0 Å². The molecule has 1 heterocycles. The molecule has 1 aromatic rings. The molecule has 1 aliphatic rings. The number of nitrogens with one attached hydrogen (secondary N) is 1. The average molecular weight is 189 g/mol. The van der Waals surface area contributed by atoms with E-state index in [0.717, 1.165) is 12.2 Å². The minimum Gasteiger partial charge on any atom is -0.345 e. The topological polar surface area (TPSA) is 52.5 Å². The fourth-order valence-corrected chi connectivity index (χ4v) is 1.80. The summed E-state index contributed by atoms with van der Waals surface area (Å²) in [6, 6.07) is 2.26. The molecule has 3 nitrogen and oxygen atoms in total. The van der Waals surface area contributed by atoms with Crippen LogP contribution in [0.1, 0.15) is 56.0 Å². The van der Waals surface area contributed by atoms with Crippen LogP contribution in [0.2, 0.25) is 0 Å². The molecular formula is C11H15N3. The predicted molar refractivity (Wildman–Crippen MR) is 53.8 cm³/mol.